The van der Waals surface area contributed by atoms with Gasteiger partial charge in [-0.3, -0.25) is 4.79 Å². The first-order valence-electron chi connectivity index (χ1n) is 7.32. The molecule has 0 saturated carbocycles. The SMILES string of the molecule is Cc1ccc(NCCC(=O)OCC2CCCCO2)cc1. The highest BCUT2D eigenvalue weighted by molar-refractivity contribution is 5.70. The molecule has 4 nitrogen and oxygen atoms in total. The molecule has 2 rings (SSSR count). The van der Waals surface area contributed by atoms with Crippen LogP contribution in [-0.4, -0.2) is 31.8 Å². The maximum atomic E-state index is 11.6. The van der Waals surface area contributed by atoms with E-state index in [0.717, 1.165) is 31.6 Å². The Bertz CT molecular complexity index is 410. The van der Waals surface area contributed by atoms with Crippen LogP contribution in [0, 0.1) is 6.92 Å². The van der Waals surface area contributed by atoms with E-state index in [4.69, 9.17) is 9.47 Å². The van der Waals surface area contributed by atoms with Crippen molar-refractivity contribution < 1.29 is 14.3 Å². The Labute approximate surface area is 120 Å². The van der Waals surface area contributed by atoms with E-state index in [9.17, 15) is 4.79 Å². The molecule has 0 bridgehead atoms. The van der Waals surface area contributed by atoms with Crippen LogP contribution < -0.4 is 5.32 Å². The molecule has 20 heavy (non-hydrogen) atoms. The zero-order valence-electron chi connectivity index (χ0n) is 12.1. The van der Waals surface area contributed by atoms with Gasteiger partial charge < -0.3 is 14.8 Å². The molecule has 1 N–H and O–H groups in total. The highest BCUT2D eigenvalue weighted by Crippen LogP contribution is 2.13. The minimum atomic E-state index is -0.168. The van der Waals surface area contributed by atoms with Crippen molar-refractivity contribution in [1.82, 2.24) is 0 Å². The second-order valence-corrected chi connectivity index (χ2v) is 5.21. The van der Waals surface area contributed by atoms with Gasteiger partial charge >= 0.3 is 5.97 Å². The number of hydrogen-bond donors (Lipinski definition) is 1. The summed E-state index contributed by atoms with van der Waals surface area (Å²) in [6.45, 7) is 3.82. The van der Waals surface area contributed by atoms with Crippen molar-refractivity contribution in [2.45, 2.75) is 38.7 Å². The van der Waals surface area contributed by atoms with E-state index in [-0.39, 0.29) is 12.1 Å². The maximum absolute atomic E-state index is 11.6. The predicted octanol–water partition coefficient (Wildman–Crippen LogP) is 2.91. The molecule has 0 spiro atoms. The molecule has 0 aliphatic carbocycles. The number of carbonyl (C=O) groups is 1. The van der Waals surface area contributed by atoms with Gasteiger partial charge in [0, 0.05) is 18.8 Å². The molecule has 1 aromatic carbocycles. The lowest BCUT2D eigenvalue weighted by molar-refractivity contribution is -0.148. The van der Waals surface area contributed by atoms with Gasteiger partial charge in [-0.1, -0.05) is 17.7 Å². The van der Waals surface area contributed by atoms with Crippen LogP contribution in [0.5, 0.6) is 0 Å². The molecule has 1 fully saturated rings. The third kappa shape index (κ3) is 5.21. The van der Waals surface area contributed by atoms with E-state index in [1.165, 1.54) is 5.56 Å². The molecule has 1 atom stereocenters. The van der Waals surface area contributed by atoms with Gasteiger partial charge in [0.15, 0.2) is 0 Å². The number of esters is 1. The molecule has 1 aromatic rings. The molecule has 0 radical (unpaired) electrons. The summed E-state index contributed by atoms with van der Waals surface area (Å²) < 4.78 is 10.8. The lowest BCUT2D eigenvalue weighted by atomic mass is 10.1. The minimum Gasteiger partial charge on any atom is -0.463 e. The van der Waals surface area contributed by atoms with E-state index in [0.29, 0.717) is 19.6 Å². The van der Waals surface area contributed by atoms with Crippen molar-refractivity contribution in [3.63, 3.8) is 0 Å². The van der Waals surface area contributed by atoms with Crippen LogP contribution in [0.25, 0.3) is 0 Å². The molecule has 110 valence electrons. The first kappa shape index (κ1) is 14.9. The van der Waals surface area contributed by atoms with Crippen molar-refractivity contribution in [2.24, 2.45) is 0 Å². The summed E-state index contributed by atoms with van der Waals surface area (Å²) in [4.78, 5) is 11.6. The summed E-state index contributed by atoms with van der Waals surface area (Å²) in [5.74, 6) is -0.168. The zero-order chi connectivity index (χ0) is 14.2. The fourth-order valence-electron chi connectivity index (χ4n) is 2.18. The van der Waals surface area contributed by atoms with Gasteiger partial charge in [0.25, 0.3) is 0 Å². The predicted molar refractivity (Wildman–Crippen MR) is 78.8 cm³/mol. The lowest BCUT2D eigenvalue weighted by Gasteiger charge is -2.22. The van der Waals surface area contributed by atoms with Crippen LogP contribution in [0.3, 0.4) is 0 Å². The van der Waals surface area contributed by atoms with Gasteiger partial charge in [0.1, 0.15) is 6.61 Å². The Kier molecular flexibility index (Phi) is 5.87. The average molecular weight is 277 g/mol. The van der Waals surface area contributed by atoms with E-state index < -0.39 is 0 Å². The lowest BCUT2D eigenvalue weighted by Crippen LogP contribution is -2.26. The number of anilines is 1. The summed E-state index contributed by atoms with van der Waals surface area (Å²) in [5, 5.41) is 3.21. The fourth-order valence-corrected chi connectivity index (χ4v) is 2.18. The Morgan fingerprint density at radius 2 is 2.15 bits per heavy atom. The van der Waals surface area contributed by atoms with Crippen molar-refractivity contribution in [3.8, 4) is 0 Å². The summed E-state index contributed by atoms with van der Waals surface area (Å²) >= 11 is 0. The summed E-state index contributed by atoms with van der Waals surface area (Å²) in [7, 11) is 0. The number of hydrogen-bond acceptors (Lipinski definition) is 4. The molecule has 1 heterocycles. The largest absolute Gasteiger partial charge is 0.463 e. The minimum absolute atomic E-state index is 0.0951. The number of rotatable bonds is 6. The molecule has 0 amide bonds. The van der Waals surface area contributed by atoms with Crippen LogP contribution in [0.4, 0.5) is 5.69 Å². The van der Waals surface area contributed by atoms with E-state index in [2.05, 4.69) is 12.2 Å². The fraction of sp³-hybridized carbons (Fsp3) is 0.562. The van der Waals surface area contributed by atoms with Gasteiger partial charge in [0.05, 0.1) is 12.5 Å². The van der Waals surface area contributed by atoms with E-state index in [1.807, 2.05) is 24.3 Å². The average Bonchev–Trinajstić information content (AvgIpc) is 2.48. The molecular weight excluding hydrogens is 254 g/mol. The van der Waals surface area contributed by atoms with Crippen molar-refractivity contribution in [3.05, 3.63) is 29.8 Å². The third-order valence-corrected chi connectivity index (χ3v) is 3.41. The molecule has 1 aliphatic heterocycles. The molecule has 0 aromatic heterocycles. The van der Waals surface area contributed by atoms with Crippen molar-refractivity contribution >= 4 is 11.7 Å². The molecule has 1 aliphatic rings. The number of benzene rings is 1. The van der Waals surface area contributed by atoms with Crippen LogP contribution in [0.2, 0.25) is 0 Å². The first-order chi connectivity index (χ1) is 9.74. The van der Waals surface area contributed by atoms with Crippen LogP contribution >= 0.6 is 0 Å². The van der Waals surface area contributed by atoms with Crippen molar-refractivity contribution in [1.29, 1.82) is 0 Å². The monoisotopic (exact) mass is 277 g/mol. The standard InChI is InChI=1S/C16H23NO3/c1-13-5-7-14(8-6-13)17-10-9-16(18)20-12-15-4-2-3-11-19-15/h5-8,15,17H,2-4,9-12H2,1H3. The second-order valence-electron chi connectivity index (χ2n) is 5.21. The quantitative estimate of drug-likeness (QED) is 0.812. The highest BCUT2D eigenvalue weighted by atomic mass is 16.6. The zero-order valence-corrected chi connectivity index (χ0v) is 12.1. The van der Waals surface area contributed by atoms with Gasteiger partial charge in [0.2, 0.25) is 0 Å². The van der Waals surface area contributed by atoms with Gasteiger partial charge in [-0.05, 0) is 38.3 Å². The van der Waals surface area contributed by atoms with Crippen LogP contribution in [-0.2, 0) is 14.3 Å². The number of carbonyl (C=O) groups excluding carboxylic acids is 1. The summed E-state index contributed by atoms with van der Waals surface area (Å²) in [6.07, 6.45) is 3.75. The number of ether oxygens (including phenoxy) is 2. The van der Waals surface area contributed by atoms with Gasteiger partial charge in [-0.25, -0.2) is 0 Å². The first-order valence-corrected chi connectivity index (χ1v) is 7.32. The molecule has 1 unspecified atom stereocenters. The van der Waals surface area contributed by atoms with Crippen LogP contribution in [0.1, 0.15) is 31.2 Å². The third-order valence-electron chi connectivity index (χ3n) is 3.41. The van der Waals surface area contributed by atoms with E-state index >= 15 is 0 Å². The van der Waals surface area contributed by atoms with Crippen LogP contribution in [0.15, 0.2) is 24.3 Å². The summed E-state index contributed by atoms with van der Waals surface area (Å²) in [6, 6.07) is 8.11. The Morgan fingerprint density at radius 1 is 1.35 bits per heavy atom. The Balaban J connectivity index is 1.58. The Morgan fingerprint density at radius 3 is 2.85 bits per heavy atom. The normalized spacial score (nSPS) is 18.6. The topological polar surface area (TPSA) is 47.6 Å². The Hall–Kier alpha value is -1.55. The molecular formula is C16H23NO3. The van der Waals surface area contributed by atoms with E-state index in [1.54, 1.807) is 0 Å². The second kappa shape index (κ2) is 7.90. The highest BCUT2D eigenvalue weighted by Gasteiger charge is 2.15. The molecule has 1 saturated heterocycles. The number of aryl methyl sites for hydroxylation is 1. The molecule has 4 heteroatoms. The van der Waals surface area contributed by atoms with Gasteiger partial charge in [-0.2, -0.15) is 0 Å². The van der Waals surface area contributed by atoms with Crippen molar-refractivity contribution in [2.75, 3.05) is 25.1 Å². The smallest absolute Gasteiger partial charge is 0.307 e. The number of nitrogens with one attached hydrogen (secondary N) is 1. The van der Waals surface area contributed by atoms with Gasteiger partial charge in [-0.15, -0.1) is 0 Å². The summed E-state index contributed by atoms with van der Waals surface area (Å²) in [5.41, 5.74) is 2.25. The maximum Gasteiger partial charge on any atom is 0.307 e.